The SMILES string of the molecule is CCCNC(=O)c1cccc2c1Cc1ccccc1S2. The quantitative estimate of drug-likeness (QED) is 0.790. The van der Waals surface area contributed by atoms with E-state index in [2.05, 4.69) is 42.6 Å². The second-order valence-corrected chi connectivity index (χ2v) is 6.01. The topological polar surface area (TPSA) is 29.1 Å². The molecular formula is C17H17NOS. The van der Waals surface area contributed by atoms with E-state index in [-0.39, 0.29) is 5.91 Å². The normalized spacial score (nSPS) is 12.4. The fourth-order valence-corrected chi connectivity index (χ4v) is 3.56. The van der Waals surface area contributed by atoms with E-state index in [0.717, 1.165) is 30.5 Å². The summed E-state index contributed by atoms with van der Waals surface area (Å²) in [6.07, 6.45) is 1.80. The van der Waals surface area contributed by atoms with Gasteiger partial charge in [-0.25, -0.2) is 0 Å². The van der Waals surface area contributed by atoms with E-state index in [4.69, 9.17) is 0 Å². The molecule has 102 valence electrons. The van der Waals surface area contributed by atoms with Gasteiger partial charge in [-0.05, 0) is 35.7 Å². The molecule has 3 rings (SSSR count). The summed E-state index contributed by atoms with van der Waals surface area (Å²) in [6.45, 7) is 2.79. The number of rotatable bonds is 3. The summed E-state index contributed by atoms with van der Waals surface area (Å²) in [5, 5.41) is 2.97. The zero-order chi connectivity index (χ0) is 13.9. The molecule has 0 aromatic heterocycles. The third-order valence-corrected chi connectivity index (χ3v) is 4.69. The molecule has 0 spiro atoms. The molecule has 1 aliphatic rings. The lowest BCUT2D eigenvalue weighted by Gasteiger charge is -2.21. The van der Waals surface area contributed by atoms with Crippen LogP contribution in [0.4, 0.5) is 0 Å². The van der Waals surface area contributed by atoms with Crippen molar-refractivity contribution < 1.29 is 4.79 Å². The van der Waals surface area contributed by atoms with E-state index in [1.165, 1.54) is 15.4 Å². The first-order valence-corrected chi connectivity index (χ1v) is 7.77. The molecule has 0 saturated heterocycles. The number of fused-ring (bicyclic) bond motifs is 2. The largest absolute Gasteiger partial charge is 0.352 e. The average molecular weight is 283 g/mol. The molecule has 0 atom stereocenters. The Bertz CT molecular complexity index is 651. The second kappa shape index (κ2) is 5.71. The van der Waals surface area contributed by atoms with Gasteiger partial charge in [0.2, 0.25) is 0 Å². The summed E-state index contributed by atoms with van der Waals surface area (Å²) in [5.74, 6) is 0.0451. The van der Waals surface area contributed by atoms with Crippen LogP contribution in [0.1, 0.15) is 34.8 Å². The lowest BCUT2D eigenvalue weighted by atomic mass is 9.98. The van der Waals surface area contributed by atoms with Gasteiger partial charge in [-0.2, -0.15) is 0 Å². The molecule has 0 radical (unpaired) electrons. The van der Waals surface area contributed by atoms with Crippen molar-refractivity contribution in [1.82, 2.24) is 5.32 Å². The van der Waals surface area contributed by atoms with Crippen molar-refractivity contribution >= 4 is 17.7 Å². The number of hydrogen-bond donors (Lipinski definition) is 1. The Hall–Kier alpha value is -1.74. The predicted molar refractivity (Wildman–Crippen MR) is 82.4 cm³/mol. The number of hydrogen-bond acceptors (Lipinski definition) is 2. The van der Waals surface area contributed by atoms with Crippen LogP contribution in [0.2, 0.25) is 0 Å². The number of carbonyl (C=O) groups is 1. The van der Waals surface area contributed by atoms with Gasteiger partial charge in [0.1, 0.15) is 0 Å². The van der Waals surface area contributed by atoms with Crippen molar-refractivity contribution in [2.45, 2.75) is 29.6 Å². The highest BCUT2D eigenvalue weighted by Gasteiger charge is 2.20. The van der Waals surface area contributed by atoms with Crippen molar-refractivity contribution in [2.24, 2.45) is 0 Å². The minimum Gasteiger partial charge on any atom is -0.352 e. The lowest BCUT2D eigenvalue weighted by Crippen LogP contribution is -2.25. The van der Waals surface area contributed by atoms with Gasteiger partial charge in [0.05, 0.1) is 0 Å². The molecule has 3 heteroatoms. The van der Waals surface area contributed by atoms with Gasteiger partial charge in [-0.3, -0.25) is 4.79 Å². The van der Waals surface area contributed by atoms with E-state index in [1.54, 1.807) is 11.8 Å². The molecule has 1 heterocycles. The summed E-state index contributed by atoms with van der Waals surface area (Å²) < 4.78 is 0. The van der Waals surface area contributed by atoms with Crippen molar-refractivity contribution in [2.75, 3.05) is 6.54 Å². The maximum atomic E-state index is 12.3. The van der Waals surface area contributed by atoms with E-state index in [0.29, 0.717) is 0 Å². The second-order valence-electron chi connectivity index (χ2n) is 4.92. The molecule has 2 aromatic rings. The standard InChI is InChI=1S/C17H17NOS/c1-2-10-18-17(19)13-7-5-9-16-14(13)11-12-6-3-4-8-15(12)20-16/h3-9H,2,10-11H2,1H3,(H,18,19). The fourth-order valence-electron chi connectivity index (χ4n) is 2.45. The Kier molecular flexibility index (Phi) is 3.79. The van der Waals surface area contributed by atoms with E-state index in [9.17, 15) is 4.79 Å². The van der Waals surface area contributed by atoms with Crippen molar-refractivity contribution in [1.29, 1.82) is 0 Å². The van der Waals surface area contributed by atoms with Gasteiger partial charge in [-0.1, -0.05) is 43.0 Å². The Balaban J connectivity index is 1.96. The Morgan fingerprint density at radius 3 is 2.80 bits per heavy atom. The van der Waals surface area contributed by atoms with Gasteiger partial charge in [0.25, 0.3) is 5.91 Å². The monoisotopic (exact) mass is 283 g/mol. The highest BCUT2D eigenvalue weighted by Crippen LogP contribution is 2.40. The van der Waals surface area contributed by atoms with E-state index >= 15 is 0 Å². The molecule has 1 amide bonds. The van der Waals surface area contributed by atoms with Crippen molar-refractivity contribution in [3.63, 3.8) is 0 Å². The van der Waals surface area contributed by atoms with E-state index in [1.807, 2.05) is 12.1 Å². The van der Waals surface area contributed by atoms with Gasteiger partial charge in [-0.15, -0.1) is 0 Å². The summed E-state index contributed by atoms with van der Waals surface area (Å²) in [4.78, 5) is 14.8. The zero-order valence-corrected chi connectivity index (χ0v) is 12.3. The van der Waals surface area contributed by atoms with Crippen LogP contribution in [-0.4, -0.2) is 12.5 Å². The molecule has 1 N–H and O–H groups in total. The first-order chi connectivity index (χ1) is 9.79. The van der Waals surface area contributed by atoms with Crippen molar-refractivity contribution in [3.8, 4) is 0 Å². The van der Waals surface area contributed by atoms with E-state index < -0.39 is 0 Å². The number of benzene rings is 2. The molecule has 0 bridgehead atoms. The summed E-state index contributed by atoms with van der Waals surface area (Å²) in [5.41, 5.74) is 3.28. The maximum Gasteiger partial charge on any atom is 0.251 e. The molecule has 20 heavy (non-hydrogen) atoms. The molecule has 0 fully saturated rings. The van der Waals surface area contributed by atoms with Gasteiger partial charge in [0, 0.05) is 28.3 Å². The Morgan fingerprint density at radius 2 is 1.95 bits per heavy atom. The third-order valence-electron chi connectivity index (χ3n) is 3.47. The molecular weight excluding hydrogens is 266 g/mol. The van der Waals surface area contributed by atoms with Crippen LogP contribution in [0.15, 0.2) is 52.3 Å². The summed E-state index contributed by atoms with van der Waals surface area (Å²) >= 11 is 1.76. The van der Waals surface area contributed by atoms with Gasteiger partial charge >= 0.3 is 0 Å². The highest BCUT2D eigenvalue weighted by molar-refractivity contribution is 7.99. The van der Waals surface area contributed by atoms with Crippen LogP contribution in [0.5, 0.6) is 0 Å². The Labute approximate surface area is 123 Å². The predicted octanol–water partition coefficient (Wildman–Crippen LogP) is 3.88. The van der Waals surface area contributed by atoms with Crippen LogP contribution < -0.4 is 5.32 Å². The zero-order valence-electron chi connectivity index (χ0n) is 11.5. The number of amides is 1. The summed E-state index contributed by atoms with van der Waals surface area (Å²) in [6, 6.07) is 14.4. The van der Waals surface area contributed by atoms with Gasteiger partial charge < -0.3 is 5.32 Å². The molecule has 1 aliphatic heterocycles. The van der Waals surface area contributed by atoms with Crippen molar-refractivity contribution in [3.05, 3.63) is 59.2 Å². The van der Waals surface area contributed by atoms with Crippen LogP contribution >= 0.6 is 11.8 Å². The molecule has 0 saturated carbocycles. The summed E-state index contributed by atoms with van der Waals surface area (Å²) in [7, 11) is 0. The van der Waals surface area contributed by atoms with Crippen LogP contribution in [0, 0.1) is 0 Å². The first kappa shape index (κ1) is 13.3. The molecule has 2 nitrogen and oxygen atoms in total. The maximum absolute atomic E-state index is 12.3. The smallest absolute Gasteiger partial charge is 0.251 e. The van der Waals surface area contributed by atoms with Crippen LogP contribution in [-0.2, 0) is 6.42 Å². The minimum absolute atomic E-state index is 0.0451. The number of nitrogens with one attached hydrogen (secondary N) is 1. The number of carbonyl (C=O) groups excluding carboxylic acids is 1. The molecule has 0 unspecified atom stereocenters. The third kappa shape index (κ3) is 2.46. The lowest BCUT2D eigenvalue weighted by molar-refractivity contribution is 0.0952. The van der Waals surface area contributed by atoms with Gasteiger partial charge in [0.15, 0.2) is 0 Å². The highest BCUT2D eigenvalue weighted by atomic mass is 32.2. The van der Waals surface area contributed by atoms with Crippen LogP contribution in [0.3, 0.4) is 0 Å². The Morgan fingerprint density at radius 1 is 1.15 bits per heavy atom. The first-order valence-electron chi connectivity index (χ1n) is 6.95. The fraction of sp³-hybridized carbons (Fsp3) is 0.235. The minimum atomic E-state index is 0.0451. The molecule has 2 aromatic carbocycles. The van der Waals surface area contributed by atoms with Crippen LogP contribution in [0.25, 0.3) is 0 Å². The average Bonchev–Trinajstić information content (AvgIpc) is 2.50. The molecule has 0 aliphatic carbocycles.